The van der Waals surface area contributed by atoms with Crippen molar-refractivity contribution in [3.05, 3.63) is 64.2 Å². The molecule has 0 saturated heterocycles. The lowest BCUT2D eigenvalue weighted by Crippen LogP contribution is -2.41. The molecule has 0 aromatic heterocycles. The molecule has 27 heavy (non-hydrogen) atoms. The molecule has 1 atom stereocenters. The molecule has 2 rings (SSSR count). The van der Waals surface area contributed by atoms with E-state index in [9.17, 15) is 13.2 Å². The molecule has 0 fully saturated rings. The van der Waals surface area contributed by atoms with E-state index in [-0.39, 0.29) is 18.5 Å². The maximum atomic E-state index is 12.6. The van der Waals surface area contributed by atoms with E-state index in [0.717, 1.165) is 32.8 Å². The van der Waals surface area contributed by atoms with Gasteiger partial charge in [-0.15, -0.1) is 0 Å². The number of aryl methyl sites for hydroxylation is 4. The Morgan fingerprint density at radius 1 is 1.00 bits per heavy atom. The van der Waals surface area contributed by atoms with Crippen molar-refractivity contribution in [1.82, 2.24) is 5.32 Å². The molecule has 0 heterocycles. The Labute approximate surface area is 162 Å². The van der Waals surface area contributed by atoms with Gasteiger partial charge in [0.2, 0.25) is 15.9 Å². The Bertz CT molecular complexity index is 952. The maximum absolute atomic E-state index is 12.6. The van der Waals surface area contributed by atoms with Crippen LogP contribution in [0.3, 0.4) is 0 Å². The number of hydrogen-bond donors (Lipinski definition) is 1. The highest BCUT2D eigenvalue weighted by molar-refractivity contribution is 7.92. The van der Waals surface area contributed by atoms with Gasteiger partial charge in [-0.2, -0.15) is 0 Å². The topological polar surface area (TPSA) is 66.5 Å². The summed E-state index contributed by atoms with van der Waals surface area (Å²) >= 11 is 0. The maximum Gasteiger partial charge on any atom is 0.241 e. The minimum Gasteiger partial charge on any atom is -0.348 e. The highest BCUT2D eigenvalue weighted by Crippen LogP contribution is 2.24. The Morgan fingerprint density at radius 2 is 1.63 bits per heavy atom. The highest BCUT2D eigenvalue weighted by Gasteiger charge is 2.23. The average Bonchev–Trinajstić information content (AvgIpc) is 2.56. The lowest BCUT2D eigenvalue weighted by Gasteiger charge is -2.25. The predicted octanol–water partition coefficient (Wildman–Crippen LogP) is 3.56. The molecule has 0 radical (unpaired) electrons. The van der Waals surface area contributed by atoms with E-state index in [2.05, 4.69) is 5.32 Å². The first kappa shape index (κ1) is 21.0. The minimum atomic E-state index is -3.59. The van der Waals surface area contributed by atoms with Crippen molar-refractivity contribution in [1.29, 1.82) is 0 Å². The predicted molar refractivity (Wildman–Crippen MR) is 111 cm³/mol. The van der Waals surface area contributed by atoms with Crippen molar-refractivity contribution >= 4 is 21.6 Å². The molecule has 0 spiro atoms. The summed E-state index contributed by atoms with van der Waals surface area (Å²) < 4.78 is 25.8. The van der Waals surface area contributed by atoms with E-state index in [4.69, 9.17) is 0 Å². The zero-order chi connectivity index (χ0) is 20.4. The smallest absolute Gasteiger partial charge is 0.241 e. The van der Waals surface area contributed by atoms with Gasteiger partial charge in [0.05, 0.1) is 18.0 Å². The minimum absolute atomic E-state index is 0.211. The Morgan fingerprint density at radius 3 is 2.22 bits per heavy atom. The summed E-state index contributed by atoms with van der Waals surface area (Å²) in [6.07, 6.45) is 1.12. The molecule has 2 aromatic rings. The van der Waals surface area contributed by atoms with Crippen molar-refractivity contribution < 1.29 is 13.2 Å². The number of rotatable bonds is 6. The van der Waals surface area contributed by atoms with Gasteiger partial charge in [0.1, 0.15) is 6.54 Å². The number of benzene rings is 2. The van der Waals surface area contributed by atoms with Crippen LogP contribution in [-0.2, 0) is 14.8 Å². The average molecular weight is 389 g/mol. The van der Waals surface area contributed by atoms with Gasteiger partial charge in [0, 0.05) is 0 Å². The zero-order valence-electron chi connectivity index (χ0n) is 16.8. The van der Waals surface area contributed by atoms with E-state index in [1.54, 1.807) is 6.07 Å². The van der Waals surface area contributed by atoms with E-state index in [1.165, 1.54) is 5.56 Å². The number of nitrogens with one attached hydrogen (secondary N) is 1. The number of carbonyl (C=O) groups is 1. The van der Waals surface area contributed by atoms with E-state index in [0.29, 0.717) is 5.69 Å². The van der Waals surface area contributed by atoms with Crippen molar-refractivity contribution in [2.24, 2.45) is 0 Å². The summed E-state index contributed by atoms with van der Waals surface area (Å²) in [5.74, 6) is -0.341. The largest absolute Gasteiger partial charge is 0.348 e. The molecular weight excluding hydrogens is 360 g/mol. The number of sulfonamides is 1. The van der Waals surface area contributed by atoms with Crippen LogP contribution in [-0.4, -0.2) is 27.1 Å². The van der Waals surface area contributed by atoms with Crippen LogP contribution in [0.2, 0.25) is 0 Å². The van der Waals surface area contributed by atoms with Gasteiger partial charge in [-0.1, -0.05) is 30.3 Å². The molecule has 5 nitrogen and oxygen atoms in total. The molecule has 0 unspecified atom stereocenters. The Balaban J connectivity index is 2.21. The summed E-state index contributed by atoms with van der Waals surface area (Å²) in [5.41, 5.74) is 5.61. The van der Waals surface area contributed by atoms with Crippen LogP contribution in [0.25, 0.3) is 0 Å². The van der Waals surface area contributed by atoms with Gasteiger partial charge in [-0.05, 0) is 68.5 Å². The van der Waals surface area contributed by atoms with Crippen LogP contribution in [0, 0.1) is 27.7 Å². The van der Waals surface area contributed by atoms with Crippen molar-refractivity contribution in [2.75, 3.05) is 17.1 Å². The third-order valence-electron chi connectivity index (χ3n) is 4.73. The second kappa shape index (κ2) is 8.13. The molecule has 0 aliphatic carbocycles. The summed E-state index contributed by atoms with van der Waals surface area (Å²) in [5, 5.41) is 2.90. The molecule has 1 N–H and O–H groups in total. The number of hydrogen-bond acceptors (Lipinski definition) is 3. The fourth-order valence-corrected chi connectivity index (χ4v) is 3.81. The second-order valence-electron chi connectivity index (χ2n) is 7.19. The van der Waals surface area contributed by atoms with Gasteiger partial charge < -0.3 is 5.32 Å². The third-order valence-corrected chi connectivity index (χ3v) is 5.86. The summed E-state index contributed by atoms with van der Waals surface area (Å²) in [7, 11) is -3.59. The van der Waals surface area contributed by atoms with Crippen LogP contribution in [0.1, 0.15) is 40.8 Å². The van der Waals surface area contributed by atoms with Crippen LogP contribution in [0.5, 0.6) is 0 Å². The number of carbonyl (C=O) groups excluding carboxylic acids is 1. The van der Waals surface area contributed by atoms with E-state index in [1.807, 2.05) is 65.0 Å². The highest BCUT2D eigenvalue weighted by atomic mass is 32.2. The zero-order valence-corrected chi connectivity index (χ0v) is 17.6. The number of nitrogens with zero attached hydrogens (tertiary/aromatic N) is 1. The van der Waals surface area contributed by atoms with Crippen molar-refractivity contribution in [3.63, 3.8) is 0 Å². The molecule has 0 saturated carbocycles. The SMILES string of the molecule is Cc1ccc(C)c(N(CC(=O)N[C@H](C)c2ccc(C)c(C)c2)S(C)(=O)=O)c1. The van der Waals surface area contributed by atoms with Crippen LogP contribution in [0.15, 0.2) is 36.4 Å². The monoisotopic (exact) mass is 388 g/mol. The van der Waals surface area contributed by atoms with Crippen molar-refractivity contribution in [2.45, 2.75) is 40.7 Å². The first-order valence-corrected chi connectivity index (χ1v) is 10.8. The number of anilines is 1. The number of amides is 1. The molecule has 2 aromatic carbocycles. The van der Waals surface area contributed by atoms with Crippen LogP contribution < -0.4 is 9.62 Å². The third kappa shape index (κ3) is 5.32. The molecule has 0 aliphatic heterocycles. The fraction of sp³-hybridized carbons (Fsp3) is 0.381. The lowest BCUT2D eigenvalue weighted by molar-refractivity contribution is -0.120. The summed E-state index contributed by atoms with van der Waals surface area (Å²) in [6.45, 7) is 9.44. The Hall–Kier alpha value is -2.34. The van der Waals surface area contributed by atoms with E-state index >= 15 is 0 Å². The lowest BCUT2D eigenvalue weighted by atomic mass is 10.0. The summed E-state index contributed by atoms with van der Waals surface area (Å²) in [4.78, 5) is 12.6. The molecular formula is C21H28N2O3S. The van der Waals surface area contributed by atoms with Crippen LogP contribution in [0.4, 0.5) is 5.69 Å². The quantitative estimate of drug-likeness (QED) is 0.823. The van der Waals surface area contributed by atoms with E-state index < -0.39 is 10.0 Å². The Kier molecular flexibility index (Phi) is 6.31. The second-order valence-corrected chi connectivity index (χ2v) is 9.10. The van der Waals surface area contributed by atoms with Gasteiger partial charge in [-0.3, -0.25) is 9.10 Å². The van der Waals surface area contributed by atoms with Gasteiger partial charge in [0.25, 0.3) is 0 Å². The summed E-state index contributed by atoms with van der Waals surface area (Å²) in [6, 6.07) is 11.4. The molecule has 6 heteroatoms. The van der Waals surface area contributed by atoms with Gasteiger partial charge in [-0.25, -0.2) is 8.42 Å². The van der Waals surface area contributed by atoms with Gasteiger partial charge >= 0.3 is 0 Å². The first-order valence-electron chi connectivity index (χ1n) is 8.90. The normalized spacial score (nSPS) is 12.5. The van der Waals surface area contributed by atoms with Gasteiger partial charge in [0.15, 0.2) is 0 Å². The first-order chi connectivity index (χ1) is 12.5. The molecule has 0 bridgehead atoms. The molecule has 0 aliphatic rings. The fourth-order valence-electron chi connectivity index (χ4n) is 2.90. The van der Waals surface area contributed by atoms with Crippen LogP contribution >= 0.6 is 0 Å². The molecule has 1 amide bonds. The molecule has 146 valence electrons. The van der Waals surface area contributed by atoms with Crippen molar-refractivity contribution in [3.8, 4) is 0 Å². The standard InChI is InChI=1S/C21H28N2O3S/c1-14-7-8-16(3)20(11-14)23(27(6,25)26)13-21(24)22-18(5)19-10-9-15(2)17(4)12-19/h7-12,18H,13H2,1-6H3,(H,22,24)/t18-/m1/s1.